The van der Waals surface area contributed by atoms with Crippen molar-refractivity contribution in [2.45, 2.75) is 39.5 Å². The molecule has 1 aliphatic rings. The molecule has 7 heteroatoms. The van der Waals surface area contributed by atoms with E-state index in [0.717, 1.165) is 31.2 Å². The van der Waals surface area contributed by atoms with E-state index in [1.807, 2.05) is 26.0 Å². The lowest BCUT2D eigenvalue weighted by Gasteiger charge is -2.25. The highest BCUT2D eigenvalue weighted by molar-refractivity contribution is 5.90. The van der Waals surface area contributed by atoms with E-state index in [1.165, 1.54) is 32.4 Å². The summed E-state index contributed by atoms with van der Waals surface area (Å²) in [6, 6.07) is 3.74. The maximum Gasteiger partial charge on any atom is 0.227 e. The first kappa shape index (κ1) is 20.2. The number of anilines is 1. The molecule has 1 amide bonds. The van der Waals surface area contributed by atoms with Crippen LogP contribution >= 0.6 is 0 Å². The molecule has 1 saturated heterocycles. The molecule has 1 aromatic heterocycles. The van der Waals surface area contributed by atoms with Crippen LogP contribution in [0.25, 0.3) is 0 Å². The Hall–Kier alpha value is -2.15. The van der Waals surface area contributed by atoms with E-state index in [4.69, 9.17) is 0 Å². The van der Waals surface area contributed by atoms with Gasteiger partial charge < -0.3 is 20.9 Å². The number of rotatable bonds is 8. The molecule has 0 atom stereocenters. The molecule has 1 fully saturated rings. The fourth-order valence-electron chi connectivity index (χ4n) is 2.87. The van der Waals surface area contributed by atoms with Crippen molar-refractivity contribution in [3.8, 4) is 0 Å². The SMILES string of the molecule is CCNC(=NCCN1CCCCC1)NCCC(=O)Nc1ccc(C)cn1. The van der Waals surface area contributed by atoms with Gasteiger partial charge in [0.15, 0.2) is 5.96 Å². The number of guanidine groups is 1. The Balaban J connectivity index is 1.68. The predicted octanol–water partition coefficient (Wildman–Crippen LogP) is 1.76. The zero-order valence-corrected chi connectivity index (χ0v) is 16.1. The van der Waals surface area contributed by atoms with E-state index >= 15 is 0 Å². The molecule has 0 radical (unpaired) electrons. The molecule has 2 heterocycles. The van der Waals surface area contributed by atoms with Crippen molar-refractivity contribution >= 4 is 17.7 Å². The van der Waals surface area contributed by atoms with Crippen LogP contribution in [0.5, 0.6) is 0 Å². The van der Waals surface area contributed by atoms with Gasteiger partial charge in [-0.2, -0.15) is 0 Å². The molecule has 0 unspecified atom stereocenters. The first-order valence-corrected chi connectivity index (χ1v) is 9.64. The smallest absolute Gasteiger partial charge is 0.227 e. The van der Waals surface area contributed by atoms with E-state index in [0.29, 0.717) is 18.8 Å². The fourth-order valence-corrected chi connectivity index (χ4v) is 2.87. The van der Waals surface area contributed by atoms with Crippen LogP contribution in [0.1, 0.15) is 38.2 Å². The van der Waals surface area contributed by atoms with Crippen molar-refractivity contribution in [1.82, 2.24) is 20.5 Å². The van der Waals surface area contributed by atoms with E-state index in [-0.39, 0.29) is 5.91 Å². The number of aliphatic imine (C=N–C) groups is 1. The van der Waals surface area contributed by atoms with E-state index < -0.39 is 0 Å². The second-order valence-corrected chi connectivity index (χ2v) is 6.61. The number of piperidine rings is 1. The minimum Gasteiger partial charge on any atom is -0.357 e. The third kappa shape index (κ3) is 7.82. The highest BCUT2D eigenvalue weighted by Crippen LogP contribution is 2.07. The average Bonchev–Trinajstić information content (AvgIpc) is 2.64. The van der Waals surface area contributed by atoms with Crippen molar-refractivity contribution in [3.05, 3.63) is 23.9 Å². The van der Waals surface area contributed by atoms with Gasteiger partial charge in [0.25, 0.3) is 0 Å². The number of hydrogen-bond donors (Lipinski definition) is 3. The molecule has 1 aromatic rings. The van der Waals surface area contributed by atoms with Crippen LogP contribution in [0.2, 0.25) is 0 Å². The molecule has 7 nitrogen and oxygen atoms in total. The maximum absolute atomic E-state index is 12.0. The summed E-state index contributed by atoms with van der Waals surface area (Å²) < 4.78 is 0. The summed E-state index contributed by atoms with van der Waals surface area (Å²) in [6.07, 6.45) is 6.06. The van der Waals surface area contributed by atoms with E-state index in [1.54, 1.807) is 6.20 Å². The van der Waals surface area contributed by atoms with Gasteiger partial charge in [-0.3, -0.25) is 9.79 Å². The quantitative estimate of drug-likeness (QED) is 0.486. The lowest BCUT2D eigenvalue weighted by Crippen LogP contribution is -2.39. The lowest BCUT2D eigenvalue weighted by atomic mass is 10.1. The molecular formula is C19H32N6O. The highest BCUT2D eigenvalue weighted by atomic mass is 16.1. The Morgan fingerprint density at radius 2 is 2.04 bits per heavy atom. The van der Waals surface area contributed by atoms with Gasteiger partial charge in [-0.05, 0) is 51.4 Å². The number of amides is 1. The van der Waals surface area contributed by atoms with Crippen LogP contribution in [0.15, 0.2) is 23.3 Å². The molecule has 1 aliphatic heterocycles. The largest absolute Gasteiger partial charge is 0.357 e. The van der Waals surface area contributed by atoms with Gasteiger partial charge in [0.1, 0.15) is 5.82 Å². The second-order valence-electron chi connectivity index (χ2n) is 6.61. The average molecular weight is 361 g/mol. The molecule has 0 bridgehead atoms. The maximum atomic E-state index is 12.0. The van der Waals surface area contributed by atoms with Crippen LogP contribution < -0.4 is 16.0 Å². The minimum atomic E-state index is -0.0574. The van der Waals surface area contributed by atoms with Crippen LogP contribution in [-0.2, 0) is 4.79 Å². The Morgan fingerprint density at radius 1 is 1.23 bits per heavy atom. The molecule has 2 rings (SSSR count). The van der Waals surface area contributed by atoms with Crippen molar-refractivity contribution in [1.29, 1.82) is 0 Å². The topological polar surface area (TPSA) is 81.7 Å². The number of carbonyl (C=O) groups is 1. The van der Waals surface area contributed by atoms with Gasteiger partial charge in [-0.25, -0.2) is 4.98 Å². The molecule has 0 spiro atoms. The van der Waals surface area contributed by atoms with Crippen LogP contribution in [0.4, 0.5) is 5.82 Å². The molecule has 144 valence electrons. The molecule has 0 saturated carbocycles. The Morgan fingerprint density at radius 3 is 2.73 bits per heavy atom. The molecular weight excluding hydrogens is 328 g/mol. The number of likely N-dealkylation sites (tertiary alicyclic amines) is 1. The van der Waals surface area contributed by atoms with E-state index in [9.17, 15) is 4.79 Å². The van der Waals surface area contributed by atoms with Crippen molar-refractivity contribution in [2.75, 3.05) is 44.6 Å². The number of aromatic nitrogens is 1. The number of aryl methyl sites for hydroxylation is 1. The van der Waals surface area contributed by atoms with Gasteiger partial charge >= 0.3 is 0 Å². The summed E-state index contributed by atoms with van der Waals surface area (Å²) in [7, 11) is 0. The zero-order valence-electron chi connectivity index (χ0n) is 16.1. The molecule has 0 aromatic carbocycles. The number of carbonyl (C=O) groups excluding carboxylic acids is 1. The Bertz CT molecular complexity index is 566. The van der Waals surface area contributed by atoms with Gasteiger partial charge in [0.05, 0.1) is 6.54 Å². The lowest BCUT2D eigenvalue weighted by molar-refractivity contribution is -0.116. The summed E-state index contributed by atoms with van der Waals surface area (Å²) in [4.78, 5) is 23.3. The van der Waals surface area contributed by atoms with Gasteiger partial charge in [0, 0.05) is 32.3 Å². The second kappa shape index (κ2) is 11.5. The van der Waals surface area contributed by atoms with Crippen LogP contribution in [0.3, 0.4) is 0 Å². The first-order chi connectivity index (χ1) is 12.7. The summed E-state index contributed by atoms with van der Waals surface area (Å²) in [5, 5.41) is 9.25. The van der Waals surface area contributed by atoms with Gasteiger partial charge in [0.2, 0.25) is 5.91 Å². The van der Waals surface area contributed by atoms with Crippen LogP contribution in [-0.4, -0.2) is 61.0 Å². The number of nitrogens with one attached hydrogen (secondary N) is 3. The van der Waals surface area contributed by atoms with Crippen molar-refractivity contribution < 1.29 is 4.79 Å². The van der Waals surface area contributed by atoms with Crippen molar-refractivity contribution in [2.24, 2.45) is 4.99 Å². The fraction of sp³-hybridized carbons (Fsp3) is 0.632. The Labute approximate surface area is 156 Å². The summed E-state index contributed by atoms with van der Waals surface area (Å²) >= 11 is 0. The highest BCUT2D eigenvalue weighted by Gasteiger charge is 2.09. The van der Waals surface area contributed by atoms with Gasteiger partial charge in [-0.15, -0.1) is 0 Å². The zero-order chi connectivity index (χ0) is 18.6. The Kier molecular flexibility index (Phi) is 8.89. The molecule has 0 aliphatic carbocycles. The molecule has 3 N–H and O–H groups in total. The van der Waals surface area contributed by atoms with E-state index in [2.05, 4.69) is 30.8 Å². The third-order valence-corrected chi connectivity index (χ3v) is 4.30. The number of nitrogens with zero attached hydrogens (tertiary/aromatic N) is 3. The van der Waals surface area contributed by atoms with Gasteiger partial charge in [-0.1, -0.05) is 12.5 Å². The summed E-state index contributed by atoms with van der Waals surface area (Å²) in [5.41, 5.74) is 1.07. The van der Waals surface area contributed by atoms with Crippen molar-refractivity contribution in [3.63, 3.8) is 0 Å². The number of hydrogen-bond acceptors (Lipinski definition) is 4. The monoisotopic (exact) mass is 360 g/mol. The normalized spacial score (nSPS) is 15.5. The summed E-state index contributed by atoms with van der Waals surface area (Å²) in [5.74, 6) is 1.30. The number of pyridine rings is 1. The van der Waals surface area contributed by atoms with Crippen LogP contribution in [0, 0.1) is 6.92 Å². The molecule has 26 heavy (non-hydrogen) atoms. The minimum absolute atomic E-state index is 0.0574. The standard InChI is InChI=1S/C19H32N6O/c1-3-20-19(22-11-14-25-12-5-4-6-13-25)21-10-9-18(26)24-17-8-7-16(2)15-23-17/h7-8,15H,3-6,9-14H2,1-2H3,(H2,20,21,22)(H,23,24,26). The predicted molar refractivity (Wildman–Crippen MR) is 106 cm³/mol. The summed E-state index contributed by atoms with van der Waals surface area (Å²) in [6.45, 7) is 9.49. The first-order valence-electron chi connectivity index (χ1n) is 9.64. The third-order valence-electron chi connectivity index (χ3n) is 4.30.